The molecule has 0 aliphatic rings. The van der Waals surface area contributed by atoms with E-state index in [1.807, 2.05) is 36.4 Å². The smallest absolute Gasteiger partial charge is 0.251 e. The summed E-state index contributed by atoms with van der Waals surface area (Å²) in [5.41, 5.74) is 1.48. The quantitative estimate of drug-likeness (QED) is 0.644. The maximum Gasteiger partial charge on any atom is 0.251 e. The number of hydrogen-bond acceptors (Lipinski definition) is 3. The van der Waals surface area contributed by atoms with Crippen molar-refractivity contribution in [3.8, 4) is 0 Å². The minimum Gasteiger partial charge on any atom is -0.396 e. The molecule has 0 heterocycles. The third-order valence-electron chi connectivity index (χ3n) is 3.57. The van der Waals surface area contributed by atoms with Crippen molar-refractivity contribution in [2.24, 2.45) is 0 Å². The summed E-state index contributed by atoms with van der Waals surface area (Å²) in [6, 6.07) is 17.7. The van der Waals surface area contributed by atoms with Crippen LogP contribution in [0.4, 0.5) is 0 Å². The van der Waals surface area contributed by atoms with Gasteiger partial charge in [-0.15, -0.1) is 0 Å². The monoisotopic (exact) mass is 326 g/mol. The van der Waals surface area contributed by atoms with E-state index in [9.17, 15) is 9.59 Å². The molecule has 1 atom stereocenters. The molecule has 5 nitrogen and oxygen atoms in total. The maximum absolute atomic E-state index is 12.4. The average molecular weight is 326 g/mol. The molecule has 0 spiro atoms. The SMILES string of the molecule is O=C(N[C@@H](Cc1ccccc1)C(=O)NCCCO)c1ccccc1. The van der Waals surface area contributed by atoms with Crippen LogP contribution in [0.25, 0.3) is 0 Å². The molecule has 3 N–H and O–H groups in total. The van der Waals surface area contributed by atoms with Gasteiger partial charge in [-0.3, -0.25) is 9.59 Å². The first-order valence-electron chi connectivity index (χ1n) is 7.99. The summed E-state index contributed by atoms with van der Waals surface area (Å²) in [5.74, 6) is -0.537. The number of carbonyl (C=O) groups excluding carboxylic acids is 2. The van der Waals surface area contributed by atoms with Gasteiger partial charge in [-0.25, -0.2) is 0 Å². The van der Waals surface area contributed by atoms with Gasteiger partial charge in [0.25, 0.3) is 5.91 Å². The van der Waals surface area contributed by atoms with Gasteiger partial charge in [0.15, 0.2) is 0 Å². The Hall–Kier alpha value is -2.66. The maximum atomic E-state index is 12.4. The van der Waals surface area contributed by atoms with E-state index in [4.69, 9.17) is 5.11 Å². The highest BCUT2D eigenvalue weighted by atomic mass is 16.3. The predicted molar refractivity (Wildman–Crippen MR) is 92.6 cm³/mol. The molecular formula is C19H22N2O3. The molecule has 0 aliphatic carbocycles. The summed E-state index contributed by atoms with van der Waals surface area (Å²) < 4.78 is 0. The molecule has 0 unspecified atom stereocenters. The topological polar surface area (TPSA) is 78.4 Å². The number of amides is 2. The number of carbonyl (C=O) groups is 2. The van der Waals surface area contributed by atoms with Crippen LogP contribution in [0.1, 0.15) is 22.3 Å². The molecule has 0 fully saturated rings. The zero-order valence-electron chi connectivity index (χ0n) is 13.4. The van der Waals surface area contributed by atoms with E-state index in [1.165, 1.54) is 0 Å². The van der Waals surface area contributed by atoms with Gasteiger partial charge in [-0.2, -0.15) is 0 Å². The zero-order chi connectivity index (χ0) is 17.2. The number of hydrogen-bond donors (Lipinski definition) is 3. The van der Waals surface area contributed by atoms with Crippen LogP contribution >= 0.6 is 0 Å². The molecule has 126 valence electrons. The van der Waals surface area contributed by atoms with Crippen LogP contribution in [0, 0.1) is 0 Å². The number of aliphatic hydroxyl groups excluding tert-OH is 1. The molecule has 0 bridgehead atoms. The fourth-order valence-corrected chi connectivity index (χ4v) is 2.30. The Balaban J connectivity index is 2.06. The molecule has 24 heavy (non-hydrogen) atoms. The Morgan fingerprint density at radius 1 is 0.958 bits per heavy atom. The molecule has 0 radical (unpaired) electrons. The van der Waals surface area contributed by atoms with Gasteiger partial charge in [0.05, 0.1) is 0 Å². The second-order valence-corrected chi connectivity index (χ2v) is 5.45. The normalized spacial score (nSPS) is 11.5. The minimum atomic E-state index is -0.668. The lowest BCUT2D eigenvalue weighted by molar-refractivity contribution is -0.122. The lowest BCUT2D eigenvalue weighted by Gasteiger charge is -2.18. The number of aliphatic hydroxyl groups is 1. The highest BCUT2D eigenvalue weighted by molar-refractivity contribution is 5.97. The van der Waals surface area contributed by atoms with E-state index in [1.54, 1.807) is 24.3 Å². The fraction of sp³-hybridized carbons (Fsp3) is 0.263. The molecule has 0 saturated heterocycles. The Morgan fingerprint density at radius 2 is 1.58 bits per heavy atom. The zero-order valence-corrected chi connectivity index (χ0v) is 13.4. The van der Waals surface area contributed by atoms with Crippen LogP contribution in [0.2, 0.25) is 0 Å². The summed E-state index contributed by atoms with van der Waals surface area (Å²) in [5, 5.41) is 14.4. The standard InChI is InChI=1S/C19H22N2O3/c22-13-7-12-20-19(24)17(14-15-8-3-1-4-9-15)21-18(23)16-10-5-2-6-11-16/h1-6,8-11,17,22H,7,12-14H2,(H,20,24)(H,21,23)/t17-/m0/s1. The Kier molecular flexibility index (Phi) is 6.98. The third kappa shape index (κ3) is 5.52. The van der Waals surface area contributed by atoms with E-state index in [0.717, 1.165) is 5.56 Å². The fourth-order valence-electron chi connectivity index (χ4n) is 2.30. The summed E-state index contributed by atoms with van der Waals surface area (Å²) in [6.07, 6.45) is 0.890. The Labute approximate surface area is 141 Å². The number of benzene rings is 2. The second-order valence-electron chi connectivity index (χ2n) is 5.45. The van der Waals surface area contributed by atoms with E-state index in [0.29, 0.717) is 24.9 Å². The van der Waals surface area contributed by atoms with Crippen molar-refractivity contribution in [1.29, 1.82) is 0 Å². The van der Waals surface area contributed by atoms with Crippen molar-refractivity contribution in [3.63, 3.8) is 0 Å². The minimum absolute atomic E-state index is 0.0139. The van der Waals surface area contributed by atoms with Crippen LogP contribution in [0.5, 0.6) is 0 Å². The van der Waals surface area contributed by atoms with Gasteiger partial charge in [-0.05, 0) is 24.1 Å². The molecule has 5 heteroatoms. The Morgan fingerprint density at radius 3 is 2.21 bits per heavy atom. The van der Waals surface area contributed by atoms with Crippen molar-refractivity contribution in [2.75, 3.05) is 13.2 Å². The van der Waals surface area contributed by atoms with Gasteiger partial charge in [0.2, 0.25) is 5.91 Å². The van der Waals surface area contributed by atoms with E-state index >= 15 is 0 Å². The van der Waals surface area contributed by atoms with Gasteiger partial charge in [-0.1, -0.05) is 48.5 Å². The molecule has 2 aromatic rings. The van der Waals surface area contributed by atoms with Gasteiger partial charge >= 0.3 is 0 Å². The molecule has 0 saturated carbocycles. The molecule has 2 rings (SSSR count). The van der Waals surface area contributed by atoms with Gasteiger partial charge < -0.3 is 15.7 Å². The first-order valence-corrected chi connectivity index (χ1v) is 7.99. The van der Waals surface area contributed by atoms with Crippen LogP contribution < -0.4 is 10.6 Å². The van der Waals surface area contributed by atoms with E-state index < -0.39 is 6.04 Å². The van der Waals surface area contributed by atoms with Crippen LogP contribution in [-0.4, -0.2) is 36.1 Å². The largest absolute Gasteiger partial charge is 0.396 e. The van der Waals surface area contributed by atoms with E-state index in [2.05, 4.69) is 10.6 Å². The van der Waals surface area contributed by atoms with Crippen molar-refractivity contribution < 1.29 is 14.7 Å². The third-order valence-corrected chi connectivity index (χ3v) is 3.57. The van der Waals surface area contributed by atoms with Crippen molar-refractivity contribution in [2.45, 2.75) is 18.9 Å². The van der Waals surface area contributed by atoms with Crippen LogP contribution in [0.3, 0.4) is 0 Å². The second kappa shape index (κ2) is 9.47. The summed E-state index contributed by atoms with van der Waals surface area (Å²) >= 11 is 0. The van der Waals surface area contributed by atoms with Crippen LogP contribution in [-0.2, 0) is 11.2 Å². The summed E-state index contributed by atoms with van der Waals surface area (Å²) in [6.45, 7) is 0.391. The lowest BCUT2D eigenvalue weighted by atomic mass is 10.0. The predicted octanol–water partition coefficient (Wildman–Crippen LogP) is 1.53. The van der Waals surface area contributed by atoms with Crippen molar-refractivity contribution in [1.82, 2.24) is 10.6 Å². The highest BCUT2D eigenvalue weighted by Crippen LogP contribution is 2.06. The van der Waals surface area contributed by atoms with Crippen molar-refractivity contribution in [3.05, 3.63) is 71.8 Å². The van der Waals surface area contributed by atoms with Crippen LogP contribution in [0.15, 0.2) is 60.7 Å². The van der Waals surface area contributed by atoms with Gasteiger partial charge in [0, 0.05) is 25.1 Å². The molecule has 2 amide bonds. The molecule has 0 aromatic heterocycles. The summed E-state index contributed by atoms with van der Waals surface area (Å²) in [4.78, 5) is 24.7. The first kappa shape index (κ1) is 17.7. The van der Waals surface area contributed by atoms with Crippen molar-refractivity contribution >= 4 is 11.8 Å². The highest BCUT2D eigenvalue weighted by Gasteiger charge is 2.21. The lowest BCUT2D eigenvalue weighted by Crippen LogP contribution is -2.48. The Bertz CT molecular complexity index is 644. The first-order chi connectivity index (χ1) is 11.7. The van der Waals surface area contributed by atoms with E-state index in [-0.39, 0.29) is 18.4 Å². The molecular weight excluding hydrogens is 304 g/mol. The average Bonchev–Trinajstić information content (AvgIpc) is 2.63. The number of nitrogens with one attached hydrogen (secondary N) is 2. The summed E-state index contributed by atoms with van der Waals surface area (Å²) in [7, 11) is 0. The molecule has 0 aliphatic heterocycles. The number of rotatable bonds is 8. The van der Waals surface area contributed by atoms with Gasteiger partial charge in [0.1, 0.15) is 6.04 Å². The molecule has 2 aromatic carbocycles.